The average Bonchev–Trinajstić information content (AvgIpc) is 2.72. The number of unbranched alkanes of at least 4 members (excludes halogenated alkanes) is 1. The zero-order chi connectivity index (χ0) is 14.3. The van der Waals surface area contributed by atoms with Crippen LogP contribution in [0.3, 0.4) is 0 Å². The second-order valence-corrected chi connectivity index (χ2v) is 7.43. The van der Waals surface area contributed by atoms with Crippen LogP contribution in [-0.2, 0) is 21.3 Å². The van der Waals surface area contributed by atoms with Crippen molar-refractivity contribution in [1.82, 2.24) is 10.0 Å². The fourth-order valence-electron chi connectivity index (χ4n) is 1.61. The molecular weight excluding hydrogens is 284 g/mol. The van der Waals surface area contributed by atoms with Crippen LogP contribution in [0.25, 0.3) is 0 Å². The van der Waals surface area contributed by atoms with Crippen LogP contribution < -0.4 is 10.0 Å². The maximum atomic E-state index is 12.1. The fraction of sp³-hybridized carbons (Fsp3) is 0.667. The molecule has 0 saturated heterocycles. The molecule has 0 aliphatic carbocycles. The van der Waals surface area contributed by atoms with E-state index in [0.29, 0.717) is 23.9 Å². The van der Waals surface area contributed by atoms with E-state index in [-0.39, 0.29) is 0 Å². The van der Waals surface area contributed by atoms with E-state index >= 15 is 0 Å². The summed E-state index contributed by atoms with van der Waals surface area (Å²) in [6, 6.07) is 1.73. The lowest BCUT2D eigenvalue weighted by Crippen LogP contribution is -2.24. The molecule has 19 heavy (non-hydrogen) atoms. The second-order valence-electron chi connectivity index (χ2n) is 4.30. The molecule has 0 saturated carbocycles. The number of rotatable bonds is 9. The van der Waals surface area contributed by atoms with E-state index in [4.69, 9.17) is 4.74 Å². The van der Waals surface area contributed by atoms with Crippen molar-refractivity contribution in [3.63, 3.8) is 0 Å². The molecule has 0 aliphatic rings. The third-order valence-electron chi connectivity index (χ3n) is 2.67. The van der Waals surface area contributed by atoms with Crippen molar-refractivity contribution in [2.75, 3.05) is 27.3 Å². The van der Waals surface area contributed by atoms with Crippen molar-refractivity contribution >= 4 is 21.4 Å². The van der Waals surface area contributed by atoms with Gasteiger partial charge in [0.25, 0.3) is 0 Å². The summed E-state index contributed by atoms with van der Waals surface area (Å²) in [5.41, 5.74) is 1.01. The van der Waals surface area contributed by atoms with Crippen LogP contribution in [0, 0.1) is 6.92 Å². The summed E-state index contributed by atoms with van der Waals surface area (Å²) < 4.78 is 32.1. The minimum Gasteiger partial charge on any atom is -0.385 e. The molecule has 0 radical (unpaired) electrons. The predicted octanol–water partition coefficient (Wildman–Crippen LogP) is 1.48. The molecule has 0 fully saturated rings. The summed E-state index contributed by atoms with van der Waals surface area (Å²) >= 11 is 1.32. The number of sulfonamides is 1. The van der Waals surface area contributed by atoms with Gasteiger partial charge in [0.1, 0.15) is 4.21 Å². The number of hydrogen-bond donors (Lipinski definition) is 2. The summed E-state index contributed by atoms with van der Waals surface area (Å²) in [4.78, 5) is 1.06. The van der Waals surface area contributed by atoms with E-state index < -0.39 is 10.0 Å². The number of nitrogens with one attached hydrogen (secondary N) is 2. The first-order valence-corrected chi connectivity index (χ1v) is 8.53. The molecule has 0 aromatic carbocycles. The van der Waals surface area contributed by atoms with Crippen LogP contribution in [0.4, 0.5) is 0 Å². The molecule has 110 valence electrons. The van der Waals surface area contributed by atoms with Crippen LogP contribution in [0.5, 0.6) is 0 Å². The highest BCUT2D eigenvalue weighted by atomic mass is 32.2. The number of hydrogen-bond acceptors (Lipinski definition) is 5. The highest BCUT2D eigenvalue weighted by molar-refractivity contribution is 7.91. The number of aryl methyl sites for hydroxylation is 1. The van der Waals surface area contributed by atoms with E-state index in [1.165, 1.54) is 11.3 Å². The van der Waals surface area contributed by atoms with Gasteiger partial charge < -0.3 is 10.1 Å². The molecule has 0 bridgehead atoms. The molecule has 5 nitrogen and oxygen atoms in total. The minimum absolute atomic E-state index is 0.391. The SMILES string of the molecule is CNCc1sc(S(=O)(=O)NCCCCOC)cc1C. The molecule has 1 aromatic heterocycles. The van der Waals surface area contributed by atoms with Gasteiger partial charge in [0.15, 0.2) is 0 Å². The van der Waals surface area contributed by atoms with Crippen molar-refractivity contribution in [3.05, 3.63) is 16.5 Å². The Morgan fingerprint density at radius 1 is 1.37 bits per heavy atom. The zero-order valence-electron chi connectivity index (χ0n) is 11.7. The smallest absolute Gasteiger partial charge is 0.250 e. The largest absolute Gasteiger partial charge is 0.385 e. The van der Waals surface area contributed by atoms with E-state index in [1.54, 1.807) is 13.2 Å². The van der Waals surface area contributed by atoms with Crippen molar-refractivity contribution < 1.29 is 13.2 Å². The Kier molecular flexibility index (Phi) is 6.95. The Morgan fingerprint density at radius 3 is 2.74 bits per heavy atom. The Balaban J connectivity index is 2.59. The van der Waals surface area contributed by atoms with Crippen molar-refractivity contribution in [3.8, 4) is 0 Å². The van der Waals surface area contributed by atoms with Gasteiger partial charge in [0, 0.05) is 31.7 Å². The van der Waals surface area contributed by atoms with Gasteiger partial charge in [-0.1, -0.05) is 0 Å². The van der Waals surface area contributed by atoms with Crippen LogP contribution >= 0.6 is 11.3 Å². The van der Waals surface area contributed by atoms with Gasteiger partial charge in [-0.25, -0.2) is 13.1 Å². The molecular formula is C12H22N2O3S2. The maximum Gasteiger partial charge on any atom is 0.250 e. The van der Waals surface area contributed by atoms with Crippen LogP contribution in [0.1, 0.15) is 23.3 Å². The summed E-state index contributed by atoms with van der Waals surface area (Å²) in [6.45, 7) is 3.73. The first-order valence-electron chi connectivity index (χ1n) is 6.23. The molecule has 1 heterocycles. The highest BCUT2D eigenvalue weighted by Gasteiger charge is 2.17. The van der Waals surface area contributed by atoms with Crippen LogP contribution in [-0.4, -0.2) is 35.7 Å². The van der Waals surface area contributed by atoms with Crippen LogP contribution in [0.2, 0.25) is 0 Å². The minimum atomic E-state index is -3.37. The van der Waals surface area contributed by atoms with Gasteiger partial charge in [0.2, 0.25) is 10.0 Å². The lowest BCUT2D eigenvalue weighted by molar-refractivity contribution is 0.193. The van der Waals surface area contributed by atoms with Crippen molar-refractivity contribution in [1.29, 1.82) is 0 Å². The van der Waals surface area contributed by atoms with Gasteiger partial charge in [-0.3, -0.25) is 0 Å². The predicted molar refractivity (Wildman–Crippen MR) is 78.1 cm³/mol. The molecule has 7 heteroatoms. The number of ether oxygens (including phenoxy) is 1. The van der Waals surface area contributed by atoms with Gasteiger partial charge in [-0.15, -0.1) is 11.3 Å². The van der Waals surface area contributed by atoms with Gasteiger partial charge in [0.05, 0.1) is 0 Å². The zero-order valence-corrected chi connectivity index (χ0v) is 13.3. The molecule has 0 atom stereocenters. The average molecular weight is 306 g/mol. The summed E-state index contributed by atoms with van der Waals surface area (Å²) in [7, 11) is 0.122. The Bertz CT molecular complexity index is 483. The maximum absolute atomic E-state index is 12.1. The topological polar surface area (TPSA) is 67.4 Å². The molecule has 0 aliphatic heterocycles. The second kappa shape index (κ2) is 7.96. The van der Waals surface area contributed by atoms with E-state index in [9.17, 15) is 8.42 Å². The molecule has 1 aromatic rings. The Morgan fingerprint density at radius 2 is 2.11 bits per heavy atom. The first kappa shape index (κ1) is 16.6. The summed E-state index contributed by atoms with van der Waals surface area (Å²) in [5, 5.41) is 3.04. The normalized spacial score (nSPS) is 11.9. The first-order chi connectivity index (χ1) is 9.01. The third-order valence-corrected chi connectivity index (χ3v) is 5.84. The van der Waals surface area contributed by atoms with Gasteiger partial charge >= 0.3 is 0 Å². The van der Waals surface area contributed by atoms with Gasteiger partial charge in [-0.05, 0) is 38.4 Å². The Hall–Kier alpha value is -0.470. The fourth-order valence-corrected chi connectivity index (χ4v) is 4.33. The third kappa shape index (κ3) is 5.19. The summed E-state index contributed by atoms with van der Waals surface area (Å²) in [6.07, 6.45) is 1.63. The monoisotopic (exact) mass is 306 g/mol. The molecule has 0 amide bonds. The molecule has 0 unspecified atom stereocenters. The van der Waals surface area contributed by atoms with Crippen molar-refractivity contribution in [2.45, 2.75) is 30.5 Å². The van der Waals surface area contributed by atoms with E-state index in [2.05, 4.69) is 10.0 Å². The standard InChI is InChI=1S/C12H22N2O3S2/c1-10-8-12(18-11(10)9-13-2)19(15,16)14-6-4-5-7-17-3/h8,13-14H,4-7,9H2,1-3H3. The quantitative estimate of drug-likeness (QED) is 0.678. The Labute approximate surface area is 119 Å². The van der Waals surface area contributed by atoms with Gasteiger partial charge in [-0.2, -0.15) is 0 Å². The number of methoxy groups -OCH3 is 1. The number of thiophene rings is 1. The van der Waals surface area contributed by atoms with E-state index in [1.807, 2.05) is 14.0 Å². The molecule has 2 N–H and O–H groups in total. The molecule has 1 rings (SSSR count). The molecule has 0 spiro atoms. The lowest BCUT2D eigenvalue weighted by atomic mass is 10.3. The van der Waals surface area contributed by atoms with E-state index in [0.717, 1.165) is 23.3 Å². The lowest BCUT2D eigenvalue weighted by Gasteiger charge is -2.04. The van der Waals surface area contributed by atoms with Crippen molar-refractivity contribution in [2.24, 2.45) is 0 Å². The highest BCUT2D eigenvalue weighted by Crippen LogP contribution is 2.25. The summed E-state index contributed by atoms with van der Waals surface area (Å²) in [5.74, 6) is 0. The van der Waals surface area contributed by atoms with Crippen LogP contribution in [0.15, 0.2) is 10.3 Å².